The monoisotopic (exact) mass is 229 g/mol. The Morgan fingerprint density at radius 2 is 1.76 bits per heavy atom. The summed E-state index contributed by atoms with van der Waals surface area (Å²) in [6.07, 6.45) is 9.57. The summed E-state index contributed by atoms with van der Waals surface area (Å²) in [5, 5.41) is 3.63. The lowest BCUT2D eigenvalue weighted by atomic mass is 9.80. The first kappa shape index (κ1) is 11.3. The van der Waals surface area contributed by atoms with E-state index >= 15 is 0 Å². The van der Waals surface area contributed by atoms with Gasteiger partial charge in [-0.2, -0.15) is 0 Å². The largest absolute Gasteiger partial charge is 0.314 e. The summed E-state index contributed by atoms with van der Waals surface area (Å²) >= 11 is 0. The van der Waals surface area contributed by atoms with Crippen LogP contribution in [-0.4, -0.2) is 12.6 Å². The van der Waals surface area contributed by atoms with Crippen LogP contribution in [0.1, 0.15) is 55.6 Å². The Morgan fingerprint density at radius 3 is 2.35 bits per heavy atom. The second kappa shape index (κ2) is 5.22. The van der Waals surface area contributed by atoms with E-state index in [-0.39, 0.29) is 0 Å². The number of piperidine rings is 1. The van der Waals surface area contributed by atoms with Crippen molar-refractivity contribution in [3.8, 4) is 0 Å². The third-order valence-electron chi connectivity index (χ3n) is 4.45. The molecule has 92 valence electrons. The molecule has 1 atom stereocenters. The molecule has 1 aromatic carbocycles. The fraction of sp³-hybridized carbons (Fsp3) is 0.625. The number of rotatable bonds is 3. The molecule has 1 unspecified atom stereocenters. The highest BCUT2D eigenvalue weighted by Crippen LogP contribution is 2.36. The molecule has 2 fully saturated rings. The van der Waals surface area contributed by atoms with E-state index in [2.05, 4.69) is 29.6 Å². The molecule has 0 aromatic heterocycles. The average Bonchev–Trinajstić information content (AvgIpc) is 2.31. The topological polar surface area (TPSA) is 12.0 Å². The van der Waals surface area contributed by atoms with Crippen molar-refractivity contribution in [2.24, 2.45) is 0 Å². The highest BCUT2D eigenvalue weighted by Gasteiger charge is 2.19. The van der Waals surface area contributed by atoms with Gasteiger partial charge in [-0.3, -0.25) is 0 Å². The highest BCUT2D eigenvalue weighted by molar-refractivity contribution is 5.27. The van der Waals surface area contributed by atoms with Crippen molar-refractivity contribution in [1.29, 1.82) is 0 Å². The molecule has 1 heterocycles. The van der Waals surface area contributed by atoms with Gasteiger partial charge in [0, 0.05) is 6.04 Å². The molecule has 1 saturated carbocycles. The lowest BCUT2D eigenvalue weighted by Gasteiger charge is -2.26. The van der Waals surface area contributed by atoms with Crippen LogP contribution in [0.25, 0.3) is 0 Å². The van der Waals surface area contributed by atoms with E-state index in [1.807, 2.05) is 0 Å². The molecular formula is C16H23N. The number of benzene rings is 1. The standard InChI is InChI=1S/C16H23N/c1-2-11-17-16(6-1)12-13-7-9-15(10-8-13)14-4-3-5-14/h7-10,14,16-17H,1-6,11-12H2. The number of nitrogens with one attached hydrogen (secondary N) is 1. The smallest absolute Gasteiger partial charge is 0.0107 e. The van der Waals surface area contributed by atoms with Gasteiger partial charge in [0.15, 0.2) is 0 Å². The fourth-order valence-electron chi connectivity index (χ4n) is 3.05. The molecule has 0 amide bonds. The molecule has 1 heteroatoms. The van der Waals surface area contributed by atoms with E-state index in [0.29, 0.717) is 0 Å². The van der Waals surface area contributed by atoms with Gasteiger partial charge in [-0.1, -0.05) is 37.1 Å². The molecule has 0 spiro atoms. The van der Waals surface area contributed by atoms with Crippen molar-refractivity contribution in [2.75, 3.05) is 6.54 Å². The molecule has 1 nitrogen and oxygen atoms in total. The molecule has 1 aliphatic heterocycles. The number of hydrogen-bond acceptors (Lipinski definition) is 1. The van der Waals surface area contributed by atoms with Gasteiger partial charge in [0.1, 0.15) is 0 Å². The second-order valence-corrected chi connectivity index (χ2v) is 5.72. The lowest BCUT2D eigenvalue weighted by Crippen LogP contribution is -2.35. The normalized spacial score (nSPS) is 25.5. The molecule has 1 aromatic rings. The predicted octanol–water partition coefficient (Wildman–Crippen LogP) is 3.64. The van der Waals surface area contributed by atoms with Gasteiger partial charge < -0.3 is 5.32 Å². The van der Waals surface area contributed by atoms with Crippen LogP contribution < -0.4 is 5.32 Å². The quantitative estimate of drug-likeness (QED) is 0.834. The van der Waals surface area contributed by atoms with Gasteiger partial charge in [-0.25, -0.2) is 0 Å². The molecule has 0 bridgehead atoms. The molecule has 3 rings (SSSR count). The van der Waals surface area contributed by atoms with E-state index < -0.39 is 0 Å². The summed E-state index contributed by atoms with van der Waals surface area (Å²) in [5.41, 5.74) is 3.07. The average molecular weight is 229 g/mol. The Hall–Kier alpha value is -0.820. The van der Waals surface area contributed by atoms with E-state index in [0.717, 1.165) is 12.0 Å². The Labute approximate surface area is 105 Å². The van der Waals surface area contributed by atoms with Crippen LogP contribution in [0.15, 0.2) is 24.3 Å². The summed E-state index contributed by atoms with van der Waals surface area (Å²) in [6, 6.07) is 10.1. The van der Waals surface area contributed by atoms with Crippen LogP contribution in [0, 0.1) is 0 Å². The van der Waals surface area contributed by atoms with E-state index in [4.69, 9.17) is 0 Å². The van der Waals surface area contributed by atoms with E-state index in [9.17, 15) is 0 Å². The van der Waals surface area contributed by atoms with Gasteiger partial charge in [0.2, 0.25) is 0 Å². The fourth-order valence-corrected chi connectivity index (χ4v) is 3.05. The molecule has 1 saturated heterocycles. The van der Waals surface area contributed by atoms with Crippen LogP contribution in [0.3, 0.4) is 0 Å². The van der Waals surface area contributed by atoms with Crippen LogP contribution in [0.5, 0.6) is 0 Å². The van der Waals surface area contributed by atoms with E-state index in [1.54, 1.807) is 5.56 Å². The Balaban J connectivity index is 1.59. The third-order valence-corrected chi connectivity index (χ3v) is 4.45. The second-order valence-electron chi connectivity index (χ2n) is 5.72. The van der Waals surface area contributed by atoms with Crippen molar-refractivity contribution in [3.05, 3.63) is 35.4 Å². The van der Waals surface area contributed by atoms with Crippen LogP contribution in [0.2, 0.25) is 0 Å². The first-order chi connectivity index (χ1) is 8.42. The summed E-state index contributed by atoms with van der Waals surface area (Å²) in [6.45, 7) is 1.21. The summed E-state index contributed by atoms with van der Waals surface area (Å²) in [7, 11) is 0. The maximum Gasteiger partial charge on any atom is 0.0107 e. The molecule has 1 N–H and O–H groups in total. The highest BCUT2D eigenvalue weighted by atomic mass is 14.9. The van der Waals surface area contributed by atoms with Gasteiger partial charge in [0.05, 0.1) is 0 Å². The minimum atomic E-state index is 0.721. The van der Waals surface area contributed by atoms with Crippen molar-refractivity contribution in [2.45, 2.75) is 56.9 Å². The molecule has 0 radical (unpaired) electrons. The summed E-state index contributed by atoms with van der Waals surface area (Å²) in [4.78, 5) is 0. The Morgan fingerprint density at radius 1 is 0.941 bits per heavy atom. The first-order valence-corrected chi connectivity index (χ1v) is 7.24. The zero-order valence-corrected chi connectivity index (χ0v) is 10.6. The zero-order valence-electron chi connectivity index (χ0n) is 10.6. The molecule has 1 aliphatic carbocycles. The van der Waals surface area contributed by atoms with Gasteiger partial charge >= 0.3 is 0 Å². The molecule has 17 heavy (non-hydrogen) atoms. The summed E-state index contributed by atoms with van der Waals surface area (Å²) in [5.74, 6) is 0.872. The molecular weight excluding hydrogens is 206 g/mol. The minimum Gasteiger partial charge on any atom is -0.314 e. The lowest BCUT2D eigenvalue weighted by molar-refractivity contribution is 0.399. The van der Waals surface area contributed by atoms with Crippen molar-refractivity contribution in [3.63, 3.8) is 0 Å². The maximum atomic E-state index is 3.63. The van der Waals surface area contributed by atoms with Gasteiger partial charge in [-0.05, 0) is 55.7 Å². The Kier molecular flexibility index (Phi) is 3.46. The van der Waals surface area contributed by atoms with Crippen molar-refractivity contribution >= 4 is 0 Å². The first-order valence-electron chi connectivity index (χ1n) is 7.24. The SMILES string of the molecule is c1cc(C2CCC2)ccc1CC1CCCCN1. The maximum absolute atomic E-state index is 3.63. The van der Waals surface area contributed by atoms with Gasteiger partial charge in [-0.15, -0.1) is 0 Å². The van der Waals surface area contributed by atoms with Crippen molar-refractivity contribution < 1.29 is 0 Å². The number of hydrogen-bond donors (Lipinski definition) is 1. The minimum absolute atomic E-state index is 0.721. The van der Waals surface area contributed by atoms with Gasteiger partial charge in [0.25, 0.3) is 0 Å². The van der Waals surface area contributed by atoms with E-state index in [1.165, 1.54) is 57.1 Å². The van der Waals surface area contributed by atoms with Crippen molar-refractivity contribution in [1.82, 2.24) is 5.32 Å². The molecule has 2 aliphatic rings. The van der Waals surface area contributed by atoms with Crippen LogP contribution in [0.4, 0.5) is 0 Å². The van der Waals surface area contributed by atoms with Crippen LogP contribution >= 0.6 is 0 Å². The van der Waals surface area contributed by atoms with Crippen LogP contribution in [-0.2, 0) is 6.42 Å². The Bertz CT molecular complexity index is 344. The predicted molar refractivity (Wildman–Crippen MR) is 72.4 cm³/mol. The summed E-state index contributed by atoms with van der Waals surface area (Å²) < 4.78 is 0. The third kappa shape index (κ3) is 2.71. The zero-order chi connectivity index (χ0) is 11.5.